The lowest BCUT2D eigenvalue weighted by atomic mass is 9.76. The highest BCUT2D eigenvalue weighted by Gasteiger charge is 2.39. The van der Waals surface area contributed by atoms with Crippen LogP contribution in [-0.4, -0.2) is 20.6 Å². The Balaban J connectivity index is 1.42. The molecule has 1 atom stereocenters. The maximum atomic E-state index is 11.9. The van der Waals surface area contributed by atoms with Crippen LogP contribution in [0.15, 0.2) is 152 Å². The number of nitrogens with one attached hydrogen (secondary N) is 1. The van der Waals surface area contributed by atoms with Crippen molar-refractivity contribution in [3.05, 3.63) is 180 Å². The maximum absolute atomic E-state index is 11.9. The molecule has 0 radical (unpaired) electrons. The number of nitrogens with zero attached hydrogens (tertiary/aromatic N) is 2. The van der Waals surface area contributed by atoms with E-state index in [1.807, 2.05) is 79.3 Å². The lowest BCUT2D eigenvalue weighted by molar-refractivity contribution is -0.114. The first-order valence-electron chi connectivity index (χ1n) is 14.3. The number of anilines is 1. The van der Waals surface area contributed by atoms with Crippen LogP contribution in [0.3, 0.4) is 0 Å². The molecule has 5 heteroatoms. The van der Waals surface area contributed by atoms with Gasteiger partial charge in [-0.05, 0) is 52.4 Å². The summed E-state index contributed by atoms with van der Waals surface area (Å²) in [6.07, 6.45) is 3.77. The van der Waals surface area contributed by atoms with Gasteiger partial charge in [0.05, 0.1) is 12.0 Å². The highest BCUT2D eigenvalue weighted by molar-refractivity contribution is 5.89. The molecule has 0 aliphatic carbocycles. The van der Waals surface area contributed by atoms with Gasteiger partial charge in [-0.2, -0.15) is 0 Å². The molecule has 1 aromatic heterocycles. The zero-order valence-corrected chi connectivity index (χ0v) is 24.2. The van der Waals surface area contributed by atoms with Crippen molar-refractivity contribution in [1.82, 2.24) is 9.55 Å². The van der Waals surface area contributed by atoms with E-state index in [-0.39, 0.29) is 5.91 Å². The van der Waals surface area contributed by atoms with Gasteiger partial charge in [-0.1, -0.05) is 127 Å². The lowest BCUT2D eigenvalue weighted by Gasteiger charge is -2.37. The van der Waals surface area contributed by atoms with Crippen LogP contribution < -0.4 is 5.32 Å². The minimum Gasteiger partial charge on any atom is -0.379 e. The smallest absolute Gasteiger partial charge is 0.221 e. The fraction of sp³-hybridized carbons (Fsp3) is 0.105. The van der Waals surface area contributed by atoms with Crippen molar-refractivity contribution >= 4 is 11.6 Å². The number of hydrogen-bond donors (Lipinski definition) is 2. The van der Waals surface area contributed by atoms with Gasteiger partial charge in [0.15, 0.2) is 0 Å². The fourth-order valence-corrected chi connectivity index (χ4v) is 5.86. The Bertz CT molecular complexity index is 1730. The predicted octanol–water partition coefficient (Wildman–Crippen LogP) is 7.60. The summed E-state index contributed by atoms with van der Waals surface area (Å²) in [5.74, 6) is -0.112. The van der Waals surface area contributed by atoms with Gasteiger partial charge in [0.25, 0.3) is 0 Å². The van der Waals surface area contributed by atoms with Gasteiger partial charge in [-0.3, -0.25) is 4.79 Å². The molecule has 2 N–H and O–H groups in total. The lowest BCUT2D eigenvalue weighted by Crippen LogP contribution is -2.37. The van der Waals surface area contributed by atoms with Gasteiger partial charge in [-0.15, -0.1) is 0 Å². The van der Waals surface area contributed by atoms with Crippen molar-refractivity contribution < 1.29 is 9.90 Å². The molecular weight excluding hydrogens is 530 g/mol. The molecule has 0 saturated heterocycles. The van der Waals surface area contributed by atoms with Gasteiger partial charge in [0.1, 0.15) is 11.1 Å². The summed E-state index contributed by atoms with van der Waals surface area (Å²) >= 11 is 0. The number of benzene rings is 5. The topological polar surface area (TPSA) is 67.2 Å². The van der Waals surface area contributed by atoms with Crippen LogP contribution >= 0.6 is 0 Å². The van der Waals surface area contributed by atoms with Gasteiger partial charge in [0.2, 0.25) is 5.91 Å². The molecule has 1 unspecified atom stereocenters. The second-order valence-corrected chi connectivity index (χ2v) is 10.9. The highest BCUT2D eigenvalue weighted by atomic mass is 16.3. The average molecular weight is 564 g/mol. The van der Waals surface area contributed by atoms with Crippen LogP contribution in [0.4, 0.5) is 5.69 Å². The first kappa shape index (κ1) is 27.9. The molecule has 6 rings (SSSR count). The number of amides is 1. The normalized spacial score (nSPS) is 12.8. The van der Waals surface area contributed by atoms with Gasteiger partial charge < -0.3 is 15.0 Å². The van der Waals surface area contributed by atoms with Crippen LogP contribution in [0.5, 0.6) is 0 Å². The van der Waals surface area contributed by atoms with Gasteiger partial charge >= 0.3 is 0 Å². The van der Waals surface area contributed by atoms with Gasteiger partial charge in [0, 0.05) is 18.8 Å². The van der Waals surface area contributed by atoms with E-state index < -0.39 is 11.1 Å². The molecule has 0 aliphatic heterocycles. The van der Waals surface area contributed by atoms with Crippen molar-refractivity contribution in [3.63, 3.8) is 0 Å². The Hall–Kier alpha value is -5.26. The average Bonchev–Trinajstić information content (AvgIpc) is 3.55. The first-order chi connectivity index (χ1) is 20.9. The minimum atomic E-state index is -1.35. The van der Waals surface area contributed by atoms with E-state index >= 15 is 0 Å². The third-order valence-corrected chi connectivity index (χ3v) is 8.01. The summed E-state index contributed by atoms with van der Waals surface area (Å²) in [4.78, 5) is 16.3. The molecule has 5 nitrogen and oxygen atoms in total. The number of carbonyl (C=O) groups excluding carboxylic acids is 1. The van der Waals surface area contributed by atoms with E-state index in [0.717, 1.165) is 39.1 Å². The molecule has 1 amide bonds. The Labute approximate surface area is 252 Å². The molecule has 0 spiro atoms. The standard InChI is InChI=1S/C38H33N3O2/c1-28(42)40-35-20-12-13-30(25-35)29-21-23-31(24-22-29)37(2,43)36-26-41(27-39-36)38(32-14-6-3-7-15-32,33-16-8-4-9-17-33)34-18-10-5-11-19-34/h3-27,43H,1-2H3,(H,40,42). The number of aliphatic hydroxyl groups is 1. The quantitative estimate of drug-likeness (QED) is 0.187. The van der Waals surface area contributed by atoms with Crippen molar-refractivity contribution in [3.8, 4) is 11.1 Å². The molecule has 212 valence electrons. The van der Waals surface area contributed by atoms with E-state index in [0.29, 0.717) is 5.69 Å². The summed E-state index contributed by atoms with van der Waals surface area (Å²) in [5.41, 5.74) is 5.15. The minimum absolute atomic E-state index is 0.112. The Morgan fingerprint density at radius 3 is 1.72 bits per heavy atom. The van der Waals surface area contributed by atoms with Crippen LogP contribution in [-0.2, 0) is 15.9 Å². The summed E-state index contributed by atoms with van der Waals surface area (Å²) in [6.45, 7) is 3.27. The van der Waals surface area contributed by atoms with Crippen molar-refractivity contribution in [2.75, 3.05) is 5.32 Å². The number of imidazole rings is 1. The summed E-state index contributed by atoms with van der Waals surface area (Å²) in [7, 11) is 0. The summed E-state index contributed by atoms with van der Waals surface area (Å²) in [6, 6.07) is 46.7. The van der Waals surface area contributed by atoms with Crippen LogP contribution in [0, 0.1) is 0 Å². The molecule has 0 saturated carbocycles. The first-order valence-corrected chi connectivity index (χ1v) is 14.3. The van der Waals surface area contributed by atoms with Crippen molar-refractivity contribution in [2.45, 2.75) is 25.0 Å². The molecular formula is C38H33N3O2. The van der Waals surface area contributed by atoms with E-state index in [4.69, 9.17) is 4.98 Å². The fourth-order valence-electron chi connectivity index (χ4n) is 5.86. The van der Waals surface area contributed by atoms with E-state index in [1.54, 1.807) is 6.92 Å². The summed E-state index contributed by atoms with van der Waals surface area (Å²) < 4.78 is 2.11. The third kappa shape index (κ3) is 5.27. The molecule has 0 fully saturated rings. The van der Waals surface area contributed by atoms with E-state index in [9.17, 15) is 9.90 Å². The molecule has 0 bridgehead atoms. The molecule has 0 aliphatic rings. The Kier molecular flexibility index (Phi) is 7.49. The number of aromatic nitrogens is 2. The summed E-state index contributed by atoms with van der Waals surface area (Å²) in [5, 5.41) is 14.8. The monoisotopic (exact) mass is 563 g/mol. The molecule has 43 heavy (non-hydrogen) atoms. The van der Waals surface area contributed by atoms with Gasteiger partial charge in [-0.25, -0.2) is 4.98 Å². The number of carbonyl (C=O) groups is 1. The van der Waals surface area contributed by atoms with Crippen LogP contribution in [0.25, 0.3) is 11.1 Å². The molecule has 5 aromatic carbocycles. The largest absolute Gasteiger partial charge is 0.379 e. The zero-order valence-electron chi connectivity index (χ0n) is 24.2. The highest BCUT2D eigenvalue weighted by Crippen LogP contribution is 2.42. The number of rotatable bonds is 8. The maximum Gasteiger partial charge on any atom is 0.221 e. The van der Waals surface area contributed by atoms with Crippen molar-refractivity contribution in [1.29, 1.82) is 0 Å². The van der Waals surface area contributed by atoms with E-state index in [1.165, 1.54) is 6.92 Å². The SMILES string of the molecule is CC(=O)Nc1cccc(-c2ccc(C(C)(O)c3cn(C(c4ccccc4)(c4ccccc4)c4ccccc4)cn3)cc2)c1. The van der Waals surface area contributed by atoms with E-state index in [2.05, 4.69) is 82.7 Å². The zero-order chi connectivity index (χ0) is 29.9. The second kappa shape index (κ2) is 11.6. The molecule has 1 heterocycles. The number of hydrogen-bond acceptors (Lipinski definition) is 3. The molecule has 6 aromatic rings. The van der Waals surface area contributed by atoms with Crippen LogP contribution in [0.1, 0.15) is 41.8 Å². The predicted molar refractivity (Wildman–Crippen MR) is 172 cm³/mol. The second-order valence-electron chi connectivity index (χ2n) is 10.9. The van der Waals surface area contributed by atoms with Crippen LogP contribution in [0.2, 0.25) is 0 Å². The Morgan fingerprint density at radius 2 is 1.21 bits per heavy atom. The third-order valence-electron chi connectivity index (χ3n) is 8.01. The Morgan fingerprint density at radius 1 is 0.674 bits per heavy atom. The van der Waals surface area contributed by atoms with Crippen molar-refractivity contribution in [2.24, 2.45) is 0 Å².